The van der Waals surface area contributed by atoms with Crippen LogP contribution in [-0.4, -0.2) is 18.1 Å². The van der Waals surface area contributed by atoms with Crippen LogP contribution in [0.3, 0.4) is 0 Å². The number of thiophene rings is 1. The molecule has 1 amide bonds. The Morgan fingerprint density at radius 2 is 1.85 bits per heavy atom. The van der Waals surface area contributed by atoms with Crippen molar-refractivity contribution in [1.82, 2.24) is 5.43 Å². The Bertz CT molecular complexity index is 954. The fraction of sp³-hybridized carbons (Fsp3) is 0.0500. The number of halogens is 1. The molecule has 0 saturated carbocycles. The van der Waals surface area contributed by atoms with Gasteiger partial charge in [0.15, 0.2) is 0 Å². The van der Waals surface area contributed by atoms with Gasteiger partial charge in [0.05, 0.1) is 18.2 Å². The van der Waals surface area contributed by atoms with Crippen LogP contribution in [0.15, 0.2) is 71.1 Å². The first-order chi connectivity index (χ1) is 13.1. The van der Waals surface area contributed by atoms with Gasteiger partial charge in [0.2, 0.25) is 5.91 Å². The second-order valence-corrected chi connectivity index (χ2v) is 7.68. The van der Waals surface area contributed by atoms with E-state index in [0.717, 1.165) is 14.0 Å². The molecule has 5 nitrogen and oxygen atoms in total. The number of benzene rings is 2. The number of carbonyl (C=O) groups is 2. The van der Waals surface area contributed by atoms with Gasteiger partial charge in [-0.2, -0.15) is 5.10 Å². The molecule has 136 valence electrons. The van der Waals surface area contributed by atoms with Crippen LogP contribution in [0.5, 0.6) is 5.75 Å². The SMILES string of the molecule is O=C(Cc1cccs1)N/N=C/c1ccc(OC(=O)c2ccccc2I)cc1. The summed E-state index contributed by atoms with van der Waals surface area (Å²) in [5.74, 6) is -0.127. The van der Waals surface area contributed by atoms with Gasteiger partial charge in [-0.15, -0.1) is 11.3 Å². The molecule has 0 atom stereocenters. The molecule has 3 rings (SSSR count). The van der Waals surface area contributed by atoms with Crippen molar-refractivity contribution in [3.8, 4) is 5.75 Å². The molecule has 2 aromatic carbocycles. The molecule has 0 aliphatic rings. The van der Waals surface area contributed by atoms with Crippen molar-refractivity contribution in [2.45, 2.75) is 6.42 Å². The molecule has 0 spiro atoms. The Balaban J connectivity index is 1.53. The molecule has 0 radical (unpaired) electrons. The zero-order valence-corrected chi connectivity index (χ0v) is 17.1. The molecule has 0 unspecified atom stereocenters. The molecule has 0 saturated heterocycles. The van der Waals surface area contributed by atoms with E-state index in [1.807, 2.05) is 29.6 Å². The van der Waals surface area contributed by atoms with Crippen molar-refractivity contribution in [3.05, 3.63) is 85.6 Å². The van der Waals surface area contributed by atoms with Crippen LogP contribution in [-0.2, 0) is 11.2 Å². The van der Waals surface area contributed by atoms with Crippen LogP contribution in [0.1, 0.15) is 20.8 Å². The predicted octanol–water partition coefficient (Wildman–Crippen LogP) is 4.26. The highest BCUT2D eigenvalue weighted by molar-refractivity contribution is 14.1. The molecular weight excluding hydrogens is 475 g/mol. The average Bonchev–Trinajstić information content (AvgIpc) is 3.16. The van der Waals surface area contributed by atoms with Gasteiger partial charge < -0.3 is 4.74 Å². The Labute approximate surface area is 174 Å². The maximum atomic E-state index is 12.2. The molecule has 7 heteroatoms. The number of esters is 1. The summed E-state index contributed by atoms with van der Waals surface area (Å²) >= 11 is 3.63. The van der Waals surface area contributed by atoms with Crippen LogP contribution in [0, 0.1) is 3.57 Å². The number of amides is 1. The van der Waals surface area contributed by atoms with E-state index in [1.54, 1.807) is 36.4 Å². The van der Waals surface area contributed by atoms with Gasteiger partial charge in [0.1, 0.15) is 5.75 Å². The van der Waals surface area contributed by atoms with E-state index < -0.39 is 5.97 Å². The van der Waals surface area contributed by atoms with Crippen LogP contribution < -0.4 is 10.2 Å². The fourth-order valence-corrected chi connectivity index (χ4v) is 3.51. The maximum absolute atomic E-state index is 12.2. The lowest BCUT2D eigenvalue weighted by Gasteiger charge is -2.06. The van der Waals surface area contributed by atoms with Crippen molar-refractivity contribution >= 4 is 52.0 Å². The molecule has 0 fully saturated rings. The summed E-state index contributed by atoms with van der Waals surface area (Å²) in [5.41, 5.74) is 3.80. The van der Waals surface area contributed by atoms with Crippen molar-refractivity contribution in [1.29, 1.82) is 0 Å². The van der Waals surface area contributed by atoms with E-state index in [2.05, 4.69) is 33.1 Å². The molecule has 1 heterocycles. The topological polar surface area (TPSA) is 67.8 Å². The monoisotopic (exact) mass is 490 g/mol. The molecule has 0 aliphatic carbocycles. The minimum Gasteiger partial charge on any atom is -0.423 e. The van der Waals surface area contributed by atoms with E-state index in [1.165, 1.54) is 17.6 Å². The first-order valence-electron chi connectivity index (χ1n) is 8.03. The smallest absolute Gasteiger partial charge is 0.344 e. The lowest BCUT2D eigenvalue weighted by molar-refractivity contribution is -0.120. The Morgan fingerprint density at radius 1 is 1.07 bits per heavy atom. The number of rotatable bonds is 6. The number of hydrogen-bond acceptors (Lipinski definition) is 5. The second-order valence-electron chi connectivity index (χ2n) is 5.49. The van der Waals surface area contributed by atoms with Crippen molar-refractivity contribution in [3.63, 3.8) is 0 Å². The van der Waals surface area contributed by atoms with E-state index >= 15 is 0 Å². The van der Waals surface area contributed by atoms with Crippen molar-refractivity contribution < 1.29 is 14.3 Å². The quantitative estimate of drug-likeness (QED) is 0.185. The van der Waals surface area contributed by atoms with Crippen LogP contribution >= 0.6 is 33.9 Å². The average molecular weight is 490 g/mol. The van der Waals surface area contributed by atoms with Crippen molar-refractivity contribution in [2.75, 3.05) is 0 Å². The van der Waals surface area contributed by atoms with Gasteiger partial charge in [-0.1, -0.05) is 18.2 Å². The third-order valence-corrected chi connectivity index (χ3v) is 5.32. The normalized spacial score (nSPS) is 10.7. The number of nitrogens with zero attached hydrogens (tertiary/aromatic N) is 1. The molecular formula is C20H15IN2O3S. The fourth-order valence-electron chi connectivity index (χ4n) is 2.20. The Morgan fingerprint density at radius 3 is 2.56 bits per heavy atom. The molecule has 3 aromatic rings. The lowest BCUT2D eigenvalue weighted by Crippen LogP contribution is -2.19. The second kappa shape index (κ2) is 9.43. The summed E-state index contributed by atoms with van der Waals surface area (Å²) in [6, 6.07) is 17.9. The van der Waals surface area contributed by atoms with Crippen LogP contribution in [0.2, 0.25) is 0 Å². The summed E-state index contributed by atoms with van der Waals surface area (Å²) in [4.78, 5) is 24.9. The Hall–Kier alpha value is -2.52. The van der Waals surface area contributed by atoms with E-state index in [4.69, 9.17) is 4.74 Å². The van der Waals surface area contributed by atoms with E-state index in [0.29, 0.717) is 17.7 Å². The van der Waals surface area contributed by atoms with Crippen LogP contribution in [0.25, 0.3) is 0 Å². The highest BCUT2D eigenvalue weighted by Crippen LogP contribution is 2.17. The summed E-state index contributed by atoms with van der Waals surface area (Å²) in [6.45, 7) is 0. The van der Waals surface area contributed by atoms with Gasteiger partial charge in [-0.25, -0.2) is 10.2 Å². The molecule has 1 N–H and O–H groups in total. The molecule has 1 aromatic heterocycles. The zero-order chi connectivity index (χ0) is 19.1. The zero-order valence-electron chi connectivity index (χ0n) is 14.1. The van der Waals surface area contributed by atoms with Gasteiger partial charge in [-0.3, -0.25) is 4.79 Å². The Kier molecular flexibility index (Phi) is 6.72. The first-order valence-corrected chi connectivity index (χ1v) is 9.99. The van der Waals surface area contributed by atoms with Gasteiger partial charge in [0.25, 0.3) is 0 Å². The highest BCUT2D eigenvalue weighted by Gasteiger charge is 2.11. The number of carbonyl (C=O) groups excluding carboxylic acids is 2. The molecule has 27 heavy (non-hydrogen) atoms. The molecule has 0 bridgehead atoms. The van der Waals surface area contributed by atoms with Gasteiger partial charge >= 0.3 is 5.97 Å². The number of hydrogen-bond donors (Lipinski definition) is 1. The highest BCUT2D eigenvalue weighted by atomic mass is 127. The largest absolute Gasteiger partial charge is 0.423 e. The van der Waals surface area contributed by atoms with E-state index in [-0.39, 0.29) is 5.91 Å². The first kappa shape index (κ1) is 19.2. The summed E-state index contributed by atoms with van der Waals surface area (Å²) in [6.07, 6.45) is 1.85. The molecule has 0 aliphatic heterocycles. The maximum Gasteiger partial charge on any atom is 0.344 e. The summed E-state index contributed by atoms with van der Waals surface area (Å²) < 4.78 is 6.22. The minimum atomic E-state index is -0.401. The number of hydrazone groups is 1. The summed E-state index contributed by atoms with van der Waals surface area (Å²) in [5, 5.41) is 5.87. The third-order valence-electron chi connectivity index (χ3n) is 3.50. The number of nitrogens with one attached hydrogen (secondary N) is 1. The van der Waals surface area contributed by atoms with Gasteiger partial charge in [-0.05, 0) is 76.0 Å². The minimum absolute atomic E-state index is 0.170. The number of ether oxygens (including phenoxy) is 1. The summed E-state index contributed by atoms with van der Waals surface area (Å²) in [7, 11) is 0. The van der Waals surface area contributed by atoms with Crippen molar-refractivity contribution in [2.24, 2.45) is 5.10 Å². The predicted molar refractivity (Wildman–Crippen MR) is 114 cm³/mol. The lowest BCUT2D eigenvalue weighted by atomic mass is 10.2. The van der Waals surface area contributed by atoms with Crippen LogP contribution in [0.4, 0.5) is 0 Å². The standard InChI is InChI=1S/C20H15IN2O3S/c21-18-6-2-1-5-17(18)20(25)26-15-9-7-14(8-10-15)13-22-23-19(24)12-16-4-3-11-27-16/h1-11,13H,12H2,(H,23,24)/b22-13+. The van der Waals surface area contributed by atoms with Gasteiger partial charge in [0, 0.05) is 8.45 Å². The van der Waals surface area contributed by atoms with E-state index in [9.17, 15) is 9.59 Å². The third kappa shape index (κ3) is 5.73.